The lowest BCUT2D eigenvalue weighted by atomic mass is 10.2. The van der Waals surface area contributed by atoms with Gasteiger partial charge in [-0.05, 0) is 12.1 Å². The number of rotatable bonds is 3. The van der Waals surface area contributed by atoms with Gasteiger partial charge in [-0.25, -0.2) is 4.98 Å². The molecule has 0 unspecified atom stereocenters. The van der Waals surface area contributed by atoms with Crippen molar-refractivity contribution in [2.24, 2.45) is 5.73 Å². The van der Waals surface area contributed by atoms with Gasteiger partial charge in [0.1, 0.15) is 5.69 Å². The number of hydrogen-bond acceptors (Lipinski definition) is 4. The Morgan fingerprint density at radius 3 is 2.72 bits per heavy atom. The van der Waals surface area contributed by atoms with Gasteiger partial charge in [0.05, 0.1) is 25.3 Å². The molecule has 2 rings (SSSR count). The number of morpholine rings is 1. The molecule has 0 saturated carbocycles. The molecule has 1 aromatic rings. The maximum atomic E-state index is 12.0. The summed E-state index contributed by atoms with van der Waals surface area (Å²) in [7, 11) is 0. The van der Waals surface area contributed by atoms with Crippen LogP contribution in [0.1, 0.15) is 16.2 Å². The van der Waals surface area contributed by atoms with Crippen molar-refractivity contribution >= 4 is 11.8 Å². The second kappa shape index (κ2) is 5.59. The fourth-order valence-electron chi connectivity index (χ4n) is 1.79. The second-order valence-electron chi connectivity index (χ2n) is 4.05. The van der Waals surface area contributed by atoms with Crippen molar-refractivity contribution in [2.45, 2.75) is 6.42 Å². The summed E-state index contributed by atoms with van der Waals surface area (Å²) in [5.41, 5.74) is 5.88. The van der Waals surface area contributed by atoms with Crippen LogP contribution in [0.15, 0.2) is 18.2 Å². The number of nitrogens with zero attached hydrogens (tertiary/aromatic N) is 2. The normalized spacial score (nSPS) is 15.4. The molecule has 1 fully saturated rings. The molecule has 0 spiro atoms. The summed E-state index contributed by atoms with van der Waals surface area (Å²) < 4.78 is 5.18. The third-order valence-electron chi connectivity index (χ3n) is 2.76. The molecule has 1 aliphatic rings. The molecule has 0 radical (unpaired) electrons. The number of pyridine rings is 1. The van der Waals surface area contributed by atoms with Crippen LogP contribution in [0.4, 0.5) is 0 Å². The van der Waals surface area contributed by atoms with Gasteiger partial charge in [-0.2, -0.15) is 0 Å². The van der Waals surface area contributed by atoms with E-state index in [4.69, 9.17) is 10.5 Å². The molecule has 18 heavy (non-hydrogen) atoms. The Bertz CT molecular complexity index is 456. The number of carbonyl (C=O) groups excluding carboxylic acids is 2. The highest BCUT2D eigenvalue weighted by molar-refractivity contribution is 5.90. The molecule has 0 aromatic carbocycles. The zero-order valence-corrected chi connectivity index (χ0v) is 9.96. The van der Waals surface area contributed by atoms with Crippen LogP contribution in [0.25, 0.3) is 0 Å². The van der Waals surface area contributed by atoms with Crippen molar-refractivity contribution in [3.63, 3.8) is 0 Å². The van der Waals surface area contributed by atoms with Crippen LogP contribution in [-0.4, -0.2) is 48.0 Å². The van der Waals surface area contributed by atoms with Crippen LogP contribution in [0.5, 0.6) is 0 Å². The lowest BCUT2D eigenvalue weighted by molar-refractivity contribution is -0.134. The van der Waals surface area contributed by atoms with E-state index in [1.807, 2.05) is 0 Å². The minimum Gasteiger partial charge on any atom is -0.378 e. The SMILES string of the molecule is NC(=O)c1cccc(CC(=O)N2CCOCC2)n1. The third kappa shape index (κ3) is 3.04. The van der Waals surface area contributed by atoms with Crippen molar-refractivity contribution in [1.82, 2.24) is 9.88 Å². The monoisotopic (exact) mass is 249 g/mol. The van der Waals surface area contributed by atoms with E-state index in [0.717, 1.165) is 0 Å². The molecule has 96 valence electrons. The minimum absolute atomic E-state index is 0.00702. The van der Waals surface area contributed by atoms with Crippen molar-refractivity contribution in [2.75, 3.05) is 26.3 Å². The lowest BCUT2D eigenvalue weighted by Crippen LogP contribution is -2.41. The molecule has 6 heteroatoms. The van der Waals surface area contributed by atoms with Gasteiger partial charge >= 0.3 is 0 Å². The standard InChI is InChI=1S/C12H15N3O3/c13-12(17)10-3-1-2-9(14-10)8-11(16)15-4-6-18-7-5-15/h1-3H,4-8H2,(H2,13,17). The summed E-state index contributed by atoms with van der Waals surface area (Å²) in [5, 5.41) is 0. The van der Waals surface area contributed by atoms with Crippen LogP contribution >= 0.6 is 0 Å². The third-order valence-corrected chi connectivity index (χ3v) is 2.76. The summed E-state index contributed by atoms with van der Waals surface area (Å²) in [6.45, 7) is 2.35. The summed E-state index contributed by atoms with van der Waals surface area (Å²) in [6.07, 6.45) is 0.182. The van der Waals surface area contributed by atoms with Crippen LogP contribution in [0.2, 0.25) is 0 Å². The molecule has 0 bridgehead atoms. The Kier molecular flexibility index (Phi) is 3.88. The molecule has 0 atom stereocenters. The number of aromatic nitrogens is 1. The summed E-state index contributed by atoms with van der Waals surface area (Å²) >= 11 is 0. The number of amides is 2. The van der Waals surface area contributed by atoms with Gasteiger partial charge in [-0.3, -0.25) is 9.59 Å². The van der Waals surface area contributed by atoms with E-state index >= 15 is 0 Å². The van der Waals surface area contributed by atoms with Crippen molar-refractivity contribution < 1.29 is 14.3 Å². The zero-order valence-electron chi connectivity index (χ0n) is 9.96. The molecule has 1 aromatic heterocycles. The first-order chi connectivity index (χ1) is 8.66. The van der Waals surface area contributed by atoms with Gasteiger partial charge in [0, 0.05) is 13.1 Å². The quantitative estimate of drug-likeness (QED) is 0.788. The number of ether oxygens (including phenoxy) is 1. The van der Waals surface area contributed by atoms with E-state index in [1.54, 1.807) is 17.0 Å². The predicted molar refractivity (Wildman–Crippen MR) is 63.9 cm³/mol. The first-order valence-electron chi connectivity index (χ1n) is 5.78. The van der Waals surface area contributed by atoms with Crippen molar-refractivity contribution in [3.8, 4) is 0 Å². The van der Waals surface area contributed by atoms with Gasteiger partial charge in [-0.15, -0.1) is 0 Å². The Labute approximate surface area is 105 Å². The first kappa shape index (κ1) is 12.5. The average molecular weight is 249 g/mol. The van der Waals surface area contributed by atoms with Crippen LogP contribution in [0, 0.1) is 0 Å². The van der Waals surface area contributed by atoms with Crippen LogP contribution < -0.4 is 5.73 Å². The van der Waals surface area contributed by atoms with Crippen molar-refractivity contribution in [1.29, 1.82) is 0 Å². The number of carbonyl (C=O) groups is 2. The Morgan fingerprint density at radius 2 is 2.06 bits per heavy atom. The number of hydrogen-bond donors (Lipinski definition) is 1. The topological polar surface area (TPSA) is 85.5 Å². The Balaban J connectivity index is 2.02. The molecule has 1 saturated heterocycles. The van der Waals surface area contributed by atoms with E-state index in [1.165, 1.54) is 6.07 Å². The van der Waals surface area contributed by atoms with E-state index in [9.17, 15) is 9.59 Å². The number of nitrogens with two attached hydrogens (primary N) is 1. The molecule has 6 nitrogen and oxygen atoms in total. The minimum atomic E-state index is -0.587. The summed E-state index contributed by atoms with van der Waals surface area (Å²) in [5.74, 6) is -0.594. The van der Waals surface area contributed by atoms with Crippen LogP contribution in [-0.2, 0) is 16.0 Å². The maximum Gasteiger partial charge on any atom is 0.267 e. The predicted octanol–water partition coefficient (Wildman–Crippen LogP) is -0.418. The molecular weight excluding hydrogens is 234 g/mol. The van der Waals surface area contributed by atoms with Gasteiger partial charge in [0.15, 0.2) is 0 Å². The molecule has 2 N–H and O–H groups in total. The van der Waals surface area contributed by atoms with Gasteiger partial charge in [-0.1, -0.05) is 6.07 Å². The molecule has 0 aliphatic carbocycles. The molecular formula is C12H15N3O3. The van der Waals surface area contributed by atoms with Gasteiger partial charge < -0.3 is 15.4 Å². The Morgan fingerprint density at radius 1 is 1.33 bits per heavy atom. The summed E-state index contributed by atoms with van der Waals surface area (Å²) in [4.78, 5) is 28.7. The zero-order chi connectivity index (χ0) is 13.0. The average Bonchev–Trinajstić information content (AvgIpc) is 2.40. The highest BCUT2D eigenvalue weighted by Crippen LogP contribution is 2.04. The van der Waals surface area contributed by atoms with E-state index in [-0.39, 0.29) is 18.0 Å². The molecule has 2 heterocycles. The number of primary amides is 1. The maximum absolute atomic E-state index is 12.0. The largest absolute Gasteiger partial charge is 0.378 e. The fourth-order valence-corrected chi connectivity index (χ4v) is 1.79. The lowest BCUT2D eigenvalue weighted by Gasteiger charge is -2.26. The van der Waals surface area contributed by atoms with E-state index < -0.39 is 5.91 Å². The smallest absolute Gasteiger partial charge is 0.267 e. The van der Waals surface area contributed by atoms with Crippen LogP contribution in [0.3, 0.4) is 0 Å². The second-order valence-corrected chi connectivity index (χ2v) is 4.05. The highest BCUT2D eigenvalue weighted by Gasteiger charge is 2.17. The first-order valence-corrected chi connectivity index (χ1v) is 5.78. The molecule has 1 aliphatic heterocycles. The molecule has 2 amide bonds. The highest BCUT2D eigenvalue weighted by atomic mass is 16.5. The fraction of sp³-hybridized carbons (Fsp3) is 0.417. The van der Waals surface area contributed by atoms with Gasteiger partial charge in [0.25, 0.3) is 5.91 Å². The van der Waals surface area contributed by atoms with Crippen molar-refractivity contribution in [3.05, 3.63) is 29.6 Å². The van der Waals surface area contributed by atoms with E-state index in [0.29, 0.717) is 32.0 Å². The Hall–Kier alpha value is -1.95. The summed E-state index contributed by atoms with van der Waals surface area (Å²) in [6, 6.07) is 4.92. The van der Waals surface area contributed by atoms with Gasteiger partial charge in [0.2, 0.25) is 5.91 Å². The van der Waals surface area contributed by atoms with E-state index in [2.05, 4.69) is 4.98 Å².